The van der Waals surface area contributed by atoms with E-state index >= 15 is 0 Å². The van der Waals surface area contributed by atoms with Crippen LogP contribution in [-0.4, -0.2) is 36.7 Å². The lowest BCUT2D eigenvalue weighted by Crippen LogP contribution is -2.25. The number of aryl methyl sites for hydroxylation is 1. The van der Waals surface area contributed by atoms with Gasteiger partial charge in [-0.2, -0.15) is 5.10 Å². The van der Waals surface area contributed by atoms with E-state index in [2.05, 4.69) is 15.5 Å². The highest BCUT2D eigenvalue weighted by atomic mass is 32.2. The maximum Gasteiger partial charge on any atom is 0.156 e. The second kappa shape index (κ2) is 5.13. The molecule has 0 amide bonds. The summed E-state index contributed by atoms with van der Waals surface area (Å²) in [6, 6.07) is 7.59. The van der Waals surface area contributed by atoms with Crippen molar-refractivity contribution < 1.29 is 8.42 Å². The summed E-state index contributed by atoms with van der Waals surface area (Å²) in [5, 5.41) is 13.3. The topological polar surface area (TPSA) is 72.0 Å². The third-order valence-corrected chi connectivity index (χ3v) is 3.91. The number of hydrogen-bond acceptors (Lipinski definition) is 5. The SMILES string of the molecule is Cc1nnc(NC(C)CS(C)(=O)=O)c2ccccc12. The van der Waals surface area contributed by atoms with Crippen molar-refractivity contribution >= 4 is 26.4 Å². The molecule has 6 heteroatoms. The van der Waals surface area contributed by atoms with Crippen molar-refractivity contribution in [2.24, 2.45) is 0 Å². The van der Waals surface area contributed by atoms with Gasteiger partial charge in [0.15, 0.2) is 5.82 Å². The van der Waals surface area contributed by atoms with Gasteiger partial charge in [-0.3, -0.25) is 0 Å². The number of benzene rings is 1. The Labute approximate surface area is 113 Å². The molecule has 1 heterocycles. The van der Waals surface area contributed by atoms with E-state index in [-0.39, 0.29) is 11.8 Å². The normalized spacial score (nSPS) is 13.4. The maximum absolute atomic E-state index is 11.3. The lowest BCUT2D eigenvalue weighted by molar-refractivity contribution is 0.598. The van der Waals surface area contributed by atoms with E-state index in [1.165, 1.54) is 6.26 Å². The fourth-order valence-corrected chi connectivity index (χ4v) is 3.07. The van der Waals surface area contributed by atoms with Gasteiger partial charge >= 0.3 is 0 Å². The minimum Gasteiger partial charge on any atom is -0.365 e. The van der Waals surface area contributed by atoms with Crippen molar-refractivity contribution in [1.82, 2.24) is 10.2 Å². The first-order valence-corrected chi connectivity index (χ1v) is 8.09. The molecule has 1 aromatic heterocycles. The summed E-state index contributed by atoms with van der Waals surface area (Å²) >= 11 is 0. The van der Waals surface area contributed by atoms with Crippen LogP contribution in [0.1, 0.15) is 12.6 Å². The Balaban J connectivity index is 2.34. The van der Waals surface area contributed by atoms with Crippen molar-refractivity contribution in [3.05, 3.63) is 30.0 Å². The van der Waals surface area contributed by atoms with E-state index in [1.54, 1.807) is 0 Å². The minimum absolute atomic E-state index is 0.0664. The van der Waals surface area contributed by atoms with Crippen molar-refractivity contribution in [2.75, 3.05) is 17.3 Å². The molecule has 2 aromatic rings. The zero-order chi connectivity index (χ0) is 14.0. The molecule has 0 aliphatic rings. The van der Waals surface area contributed by atoms with Crippen molar-refractivity contribution in [2.45, 2.75) is 19.9 Å². The molecule has 0 saturated heterocycles. The van der Waals surface area contributed by atoms with Crippen LogP contribution >= 0.6 is 0 Å². The molecule has 0 spiro atoms. The third kappa shape index (κ3) is 3.41. The van der Waals surface area contributed by atoms with Crippen molar-refractivity contribution in [1.29, 1.82) is 0 Å². The monoisotopic (exact) mass is 279 g/mol. The number of anilines is 1. The highest BCUT2D eigenvalue weighted by Gasteiger charge is 2.13. The molecular weight excluding hydrogens is 262 g/mol. The number of aromatic nitrogens is 2. The van der Waals surface area contributed by atoms with Gasteiger partial charge < -0.3 is 5.32 Å². The second-order valence-electron chi connectivity index (χ2n) is 4.82. The molecule has 102 valence electrons. The molecule has 0 radical (unpaired) electrons. The van der Waals surface area contributed by atoms with E-state index in [9.17, 15) is 8.42 Å². The molecular formula is C13H17N3O2S. The van der Waals surface area contributed by atoms with Gasteiger partial charge in [-0.15, -0.1) is 5.10 Å². The van der Waals surface area contributed by atoms with Gasteiger partial charge in [-0.05, 0) is 13.8 Å². The van der Waals surface area contributed by atoms with Crippen LogP contribution in [0.5, 0.6) is 0 Å². The molecule has 1 N–H and O–H groups in total. The van der Waals surface area contributed by atoms with Gasteiger partial charge in [0.2, 0.25) is 0 Å². The smallest absolute Gasteiger partial charge is 0.156 e. The summed E-state index contributed by atoms with van der Waals surface area (Å²) in [7, 11) is -3.02. The van der Waals surface area contributed by atoms with Crippen molar-refractivity contribution in [3.8, 4) is 0 Å². The standard InChI is InChI=1S/C13H17N3O2S/c1-9(8-19(3,17)18)14-13-12-7-5-4-6-11(12)10(2)15-16-13/h4-7,9H,8H2,1-3H3,(H,14,16). The first kappa shape index (κ1) is 13.7. The quantitative estimate of drug-likeness (QED) is 0.923. The first-order valence-electron chi connectivity index (χ1n) is 6.03. The number of hydrogen-bond donors (Lipinski definition) is 1. The number of fused-ring (bicyclic) bond motifs is 1. The Hall–Kier alpha value is -1.69. The number of nitrogens with zero attached hydrogens (tertiary/aromatic N) is 2. The van der Waals surface area contributed by atoms with E-state index < -0.39 is 9.84 Å². The lowest BCUT2D eigenvalue weighted by Gasteiger charge is -2.15. The van der Waals surface area contributed by atoms with Crippen LogP contribution in [-0.2, 0) is 9.84 Å². The molecule has 0 aliphatic heterocycles. The molecule has 1 aromatic carbocycles. The average molecular weight is 279 g/mol. The van der Waals surface area contributed by atoms with Gasteiger partial charge in [-0.25, -0.2) is 8.42 Å². The fraction of sp³-hybridized carbons (Fsp3) is 0.385. The predicted molar refractivity (Wildman–Crippen MR) is 77.1 cm³/mol. The molecule has 0 saturated carbocycles. The highest BCUT2D eigenvalue weighted by Crippen LogP contribution is 2.22. The van der Waals surface area contributed by atoms with E-state index in [0.717, 1.165) is 16.5 Å². The molecule has 2 rings (SSSR count). The number of rotatable bonds is 4. The summed E-state index contributed by atoms with van der Waals surface area (Å²) in [4.78, 5) is 0. The molecule has 5 nitrogen and oxygen atoms in total. The largest absolute Gasteiger partial charge is 0.365 e. The van der Waals surface area contributed by atoms with E-state index in [0.29, 0.717) is 5.82 Å². The predicted octanol–water partition coefficient (Wildman–Crippen LogP) is 1.78. The molecule has 1 atom stereocenters. The summed E-state index contributed by atoms with van der Waals surface area (Å²) in [6.45, 7) is 3.72. The Morgan fingerprint density at radius 2 is 1.84 bits per heavy atom. The van der Waals surface area contributed by atoms with Crippen LogP contribution in [0.25, 0.3) is 10.8 Å². The fourth-order valence-electron chi connectivity index (χ4n) is 2.07. The van der Waals surface area contributed by atoms with Crippen LogP contribution in [0.15, 0.2) is 24.3 Å². The summed E-state index contributed by atoms with van der Waals surface area (Å²) in [5.74, 6) is 0.689. The molecule has 19 heavy (non-hydrogen) atoms. The minimum atomic E-state index is -3.02. The molecule has 0 fully saturated rings. The van der Waals surface area contributed by atoms with Crippen LogP contribution in [0.4, 0.5) is 5.82 Å². The van der Waals surface area contributed by atoms with Gasteiger partial charge in [-0.1, -0.05) is 24.3 Å². The van der Waals surface area contributed by atoms with Gasteiger partial charge in [0.25, 0.3) is 0 Å². The van der Waals surface area contributed by atoms with Gasteiger partial charge in [0.05, 0.1) is 11.4 Å². The second-order valence-corrected chi connectivity index (χ2v) is 7.00. The Kier molecular flexibility index (Phi) is 3.71. The van der Waals surface area contributed by atoms with Crippen LogP contribution in [0.2, 0.25) is 0 Å². The first-order chi connectivity index (χ1) is 8.87. The van der Waals surface area contributed by atoms with E-state index in [1.807, 2.05) is 38.1 Å². The molecule has 1 unspecified atom stereocenters. The van der Waals surface area contributed by atoms with Crippen LogP contribution in [0, 0.1) is 6.92 Å². The van der Waals surface area contributed by atoms with Crippen LogP contribution in [0.3, 0.4) is 0 Å². The Bertz CT molecular complexity index is 698. The zero-order valence-corrected chi connectivity index (χ0v) is 12.0. The maximum atomic E-state index is 11.3. The summed E-state index contributed by atoms with van der Waals surface area (Å²) in [6.07, 6.45) is 1.23. The summed E-state index contributed by atoms with van der Waals surface area (Å²) < 4.78 is 22.5. The Morgan fingerprint density at radius 3 is 2.47 bits per heavy atom. The van der Waals surface area contributed by atoms with Crippen LogP contribution < -0.4 is 5.32 Å². The van der Waals surface area contributed by atoms with E-state index in [4.69, 9.17) is 0 Å². The highest BCUT2D eigenvalue weighted by molar-refractivity contribution is 7.90. The Morgan fingerprint density at radius 1 is 1.21 bits per heavy atom. The average Bonchev–Trinajstić information content (AvgIpc) is 2.31. The van der Waals surface area contributed by atoms with Crippen molar-refractivity contribution in [3.63, 3.8) is 0 Å². The number of nitrogens with one attached hydrogen (secondary N) is 1. The molecule has 0 bridgehead atoms. The summed E-state index contributed by atoms with van der Waals surface area (Å²) in [5.41, 5.74) is 0.858. The third-order valence-electron chi connectivity index (χ3n) is 2.81. The molecule has 0 aliphatic carbocycles. The van der Waals surface area contributed by atoms with Gasteiger partial charge in [0, 0.05) is 23.1 Å². The lowest BCUT2D eigenvalue weighted by atomic mass is 10.1. The van der Waals surface area contributed by atoms with Gasteiger partial charge in [0.1, 0.15) is 9.84 Å². The zero-order valence-electron chi connectivity index (χ0n) is 11.2. The number of sulfone groups is 1.